The van der Waals surface area contributed by atoms with Gasteiger partial charge in [-0.2, -0.15) is 0 Å². The number of rotatable bonds is 3. The topological polar surface area (TPSA) is 77.7 Å². The molecule has 0 amide bonds. The first-order valence-corrected chi connectivity index (χ1v) is 7.88. The Kier molecular flexibility index (Phi) is 3.42. The number of methoxy groups -OCH3 is 1. The van der Waals surface area contributed by atoms with Crippen molar-refractivity contribution in [1.29, 1.82) is 0 Å². The van der Waals surface area contributed by atoms with E-state index in [2.05, 4.69) is 4.98 Å². The first-order valence-electron chi connectivity index (χ1n) is 6.39. The quantitative estimate of drug-likeness (QED) is 0.732. The molecule has 0 bridgehead atoms. The Morgan fingerprint density at radius 1 is 1.09 bits per heavy atom. The smallest absolute Gasteiger partial charge is 0.277 e. The number of hydrogen-bond donors (Lipinski definition) is 0. The molecule has 2 aromatic heterocycles. The molecule has 0 saturated carbocycles. The molecule has 0 atom stereocenters. The number of aromatic nitrogens is 2. The van der Waals surface area contributed by atoms with E-state index < -0.39 is 15.4 Å². The van der Waals surface area contributed by atoms with Crippen LogP contribution in [0.3, 0.4) is 0 Å². The zero-order valence-electron chi connectivity index (χ0n) is 11.6. The van der Waals surface area contributed by atoms with Crippen LogP contribution in [0.15, 0.2) is 69.4 Å². The van der Waals surface area contributed by atoms with E-state index in [-0.39, 0.29) is 9.79 Å². The van der Waals surface area contributed by atoms with Crippen molar-refractivity contribution in [3.05, 3.63) is 65.2 Å². The second-order valence-corrected chi connectivity index (χ2v) is 6.45. The summed E-state index contributed by atoms with van der Waals surface area (Å²) in [6.45, 7) is 0. The molecule has 0 spiro atoms. The molecule has 0 fully saturated rings. The van der Waals surface area contributed by atoms with Gasteiger partial charge < -0.3 is 4.74 Å². The van der Waals surface area contributed by atoms with Gasteiger partial charge in [-0.05, 0) is 36.4 Å². The highest BCUT2D eigenvalue weighted by Crippen LogP contribution is 2.20. The van der Waals surface area contributed by atoms with Gasteiger partial charge in [0.05, 0.1) is 18.2 Å². The number of fused-ring (bicyclic) bond motifs is 1. The molecule has 2 heterocycles. The number of nitrogens with zero attached hydrogens (tertiary/aromatic N) is 2. The third kappa shape index (κ3) is 2.25. The van der Waals surface area contributed by atoms with Gasteiger partial charge in [-0.1, -0.05) is 6.07 Å². The Hall–Kier alpha value is -2.67. The average Bonchev–Trinajstić information content (AvgIpc) is 2.55. The highest BCUT2D eigenvalue weighted by molar-refractivity contribution is 7.91. The fourth-order valence-corrected chi connectivity index (χ4v) is 3.34. The van der Waals surface area contributed by atoms with Crippen molar-refractivity contribution in [2.45, 2.75) is 9.79 Å². The van der Waals surface area contributed by atoms with Crippen molar-refractivity contribution in [2.24, 2.45) is 0 Å². The number of pyridine rings is 1. The van der Waals surface area contributed by atoms with Crippen LogP contribution >= 0.6 is 0 Å². The second kappa shape index (κ2) is 5.27. The van der Waals surface area contributed by atoms with Crippen LogP contribution in [0.1, 0.15) is 0 Å². The summed E-state index contributed by atoms with van der Waals surface area (Å²) in [4.78, 5) is 16.1. The molecule has 0 aliphatic heterocycles. The fraction of sp³-hybridized carbons (Fsp3) is 0.0667. The van der Waals surface area contributed by atoms with Gasteiger partial charge in [0.25, 0.3) is 5.56 Å². The van der Waals surface area contributed by atoms with Crippen LogP contribution in [0.5, 0.6) is 5.75 Å². The van der Waals surface area contributed by atoms with Crippen molar-refractivity contribution in [3.63, 3.8) is 0 Å². The molecule has 0 saturated heterocycles. The molecule has 22 heavy (non-hydrogen) atoms. The molecule has 0 aliphatic carbocycles. The predicted molar refractivity (Wildman–Crippen MR) is 79.9 cm³/mol. The van der Waals surface area contributed by atoms with Crippen LogP contribution in [-0.4, -0.2) is 24.9 Å². The minimum Gasteiger partial charge on any atom is -0.497 e. The number of hydrogen-bond acceptors (Lipinski definition) is 5. The van der Waals surface area contributed by atoms with E-state index in [9.17, 15) is 13.2 Å². The van der Waals surface area contributed by atoms with Gasteiger partial charge in [0.1, 0.15) is 11.4 Å². The second-order valence-electron chi connectivity index (χ2n) is 4.54. The lowest BCUT2D eigenvalue weighted by atomic mass is 10.3. The Morgan fingerprint density at radius 3 is 2.50 bits per heavy atom. The average molecular weight is 316 g/mol. The Morgan fingerprint density at radius 2 is 1.82 bits per heavy atom. The minimum absolute atomic E-state index is 0.0167. The van der Waals surface area contributed by atoms with E-state index in [1.807, 2.05) is 0 Å². The highest BCUT2D eigenvalue weighted by atomic mass is 32.2. The molecule has 3 rings (SSSR count). The standard InChI is InChI=1S/C15H12N2O4S/c1-21-11-5-7-12(8-6-11)22(19,20)13-10-16-14-4-2-3-9-17(14)15(13)18/h2-10H,1H3. The van der Waals surface area contributed by atoms with Crippen molar-refractivity contribution >= 4 is 15.5 Å². The highest BCUT2D eigenvalue weighted by Gasteiger charge is 2.22. The Bertz CT molecular complexity index is 992. The molecule has 0 radical (unpaired) electrons. The minimum atomic E-state index is -3.94. The van der Waals surface area contributed by atoms with E-state index >= 15 is 0 Å². The lowest BCUT2D eigenvalue weighted by molar-refractivity contribution is 0.414. The van der Waals surface area contributed by atoms with Crippen molar-refractivity contribution in [1.82, 2.24) is 9.38 Å². The summed E-state index contributed by atoms with van der Waals surface area (Å²) in [6, 6.07) is 10.8. The lowest BCUT2D eigenvalue weighted by Gasteiger charge is -2.06. The first-order chi connectivity index (χ1) is 10.5. The first kappa shape index (κ1) is 14.3. The van der Waals surface area contributed by atoms with Crippen LogP contribution in [0, 0.1) is 0 Å². The van der Waals surface area contributed by atoms with Crippen LogP contribution in [-0.2, 0) is 9.84 Å². The van der Waals surface area contributed by atoms with Crippen molar-refractivity contribution < 1.29 is 13.2 Å². The van der Waals surface area contributed by atoms with Gasteiger partial charge in [-0.15, -0.1) is 0 Å². The third-order valence-electron chi connectivity index (χ3n) is 3.24. The van der Waals surface area contributed by atoms with Gasteiger partial charge >= 0.3 is 0 Å². The molecule has 3 aromatic rings. The molecule has 0 unspecified atom stereocenters. The van der Waals surface area contributed by atoms with Crippen LogP contribution < -0.4 is 10.3 Å². The number of benzene rings is 1. The summed E-state index contributed by atoms with van der Waals surface area (Å²) in [5.41, 5.74) is -0.234. The van der Waals surface area contributed by atoms with E-state index in [1.165, 1.54) is 42.0 Å². The number of ether oxygens (including phenoxy) is 1. The van der Waals surface area contributed by atoms with Gasteiger partial charge in [-0.3, -0.25) is 9.20 Å². The molecule has 112 valence electrons. The number of sulfone groups is 1. The monoisotopic (exact) mass is 316 g/mol. The summed E-state index contributed by atoms with van der Waals surface area (Å²) in [5.74, 6) is 0.535. The predicted octanol–water partition coefficient (Wildman–Crippen LogP) is 1.54. The largest absolute Gasteiger partial charge is 0.497 e. The summed E-state index contributed by atoms with van der Waals surface area (Å²) in [6.07, 6.45) is 2.58. The lowest BCUT2D eigenvalue weighted by Crippen LogP contribution is -2.22. The maximum atomic E-state index is 12.6. The molecular formula is C15H12N2O4S. The third-order valence-corrected chi connectivity index (χ3v) is 4.99. The zero-order valence-corrected chi connectivity index (χ0v) is 12.4. The van der Waals surface area contributed by atoms with Crippen molar-refractivity contribution in [2.75, 3.05) is 7.11 Å². The van der Waals surface area contributed by atoms with Crippen LogP contribution in [0.4, 0.5) is 0 Å². The van der Waals surface area contributed by atoms with Gasteiger partial charge in [0.15, 0.2) is 4.90 Å². The Labute approximate surface area is 126 Å². The molecule has 7 heteroatoms. The Balaban J connectivity index is 2.20. The maximum Gasteiger partial charge on any atom is 0.277 e. The summed E-state index contributed by atoms with van der Waals surface area (Å²) < 4.78 is 31.4. The van der Waals surface area contributed by atoms with E-state index in [1.54, 1.807) is 18.2 Å². The van der Waals surface area contributed by atoms with E-state index in [4.69, 9.17) is 4.74 Å². The van der Waals surface area contributed by atoms with Gasteiger partial charge in [0.2, 0.25) is 9.84 Å². The summed E-state index contributed by atoms with van der Waals surface area (Å²) in [5, 5.41) is 0. The van der Waals surface area contributed by atoms with Crippen LogP contribution in [0.25, 0.3) is 5.65 Å². The maximum absolute atomic E-state index is 12.6. The SMILES string of the molecule is COc1ccc(S(=O)(=O)c2cnc3ccccn3c2=O)cc1. The van der Waals surface area contributed by atoms with Gasteiger partial charge in [0, 0.05) is 6.20 Å². The zero-order chi connectivity index (χ0) is 15.7. The summed E-state index contributed by atoms with van der Waals surface area (Å²) in [7, 11) is -2.45. The van der Waals surface area contributed by atoms with Crippen LogP contribution in [0.2, 0.25) is 0 Å². The van der Waals surface area contributed by atoms with Crippen molar-refractivity contribution in [3.8, 4) is 5.75 Å². The summed E-state index contributed by atoms with van der Waals surface area (Å²) >= 11 is 0. The molecule has 0 N–H and O–H groups in total. The molecular weight excluding hydrogens is 304 g/mol. The van der Waals surface area contributed by atoms with Gasteiger partial charge in [-0.25, -0.2) is 13.4 Å². The molecule has 1 aromatic carbocycles. The molecule has 6 nitrogen and oxygen atoms in total. The normalized spacial score (nSPS) is 11.5. The fourth-order valence-electron chi connectivity index (χ4n) is 2.08. The van der Waals surface area contributed by atoms with E-state index in [0.717, 1.165) is 6.20 Å². The molecule has 0 aliphatic rings. The van der Waals surface area contributed by atoms with E-state index in [0.29, 0.717) is 11.4 Å².